The van der Waals surface area contributed by atoms with E-state index in [1.54, 1.807) is 54.2 Å². The number of carbonyl (C=O) groups excluding carboxylic acids is 1. The van der Waals surface area contributed by atoms with E-state index in [9.17, 15) is 9.59 Å². The van der Waals surface area contributed by atoms with Crippen LogP contribution in [0.1, 0.15) is 21.6 Å². The van der Waals surface area contributed by atoms with Gasteiger partial charge in [0, 0.05) is 18.3 Å². The minimum Gasteiger partial charge on any atom is -0.287 e. The number of aryl methyl sites for hydroxylation is 2. The SMILES string of the molecule is Cc1cccc(-n2nnn(C)c2=O)c1C(=O)c1ccn(-c2ccc(Cl)cc2)n1. The molecule has 9 heteroatoms. The van der Waals surface area contributed by atoms with Crippen LogP contribution in [0.5, 0.6) is 0 Å². The van der Waals surface area contributed by atoms with Gasteiger partial charge in [0.25, 0.3) is 0 Å². The maximum Gasteiger partial charge on any atom is 0.368 e. The fourth-order valence-electron chi connectivity index (χ4n) is 2.90. The van der Waals surface area contributed by atoms with Crippen molar-refractivity contribution in [3.05, 3.63) is 87.1 Å². The molecule has 0 N–H and O–H groups in total. The molecule has 4 aromatic rings. The van der Waals surface area contributed by atoms with Crippen molar-refractivity contribution in [3.8, 4) is 11.4 Å². The lowest BCUT2D eigenvalue weighted by atomic mass is 10.0. The molecule has 0 atom stereocenters. The third kappa shape index (κ3) is 3.03. The summed E-state index contributed by atoms with van der Waals surface area (Å²) < 4.78 is 3.80. The first-order valence-electron chi connectivity index (χ1n) is 8.41. The molecule has 0 unspecified atom stereocenters. The summed E-state index contributed by atoms with van der Waals surface area (Å²) >= 11 is 5.92. The first kappa shape index (κ1) is 17.9. The maximum absolute atomic E-state index is 13.2. The van der Waals surface area contributed by atoms with Gasteiger partial charge in [-0.1, -0.05) is 23.7 Å². The molecule has 4 rings (SSSR count). The van der Waals surface area contributed by atoms with Gasteiger partial charge in [-0.25, -0.2) is 9.48 Å². The molecule has 0 radical (unpaired) electrons. The lowest BCUT2D eigenvalue weighted by molar-refractivity contribution is 0.103. The summed E-state index contributed by atoms with van der Waals surface area (Å²) in [5.41, 5.74) is 2.02. The Morgan fingerprint density at radius 3 is 2.46 bits per heavy atom. The second-order valence-corrected chi connectivity index (χ2v) is 6.65. The zero-order valence-corrected chi connectivity index (χ0v) is 15.8. The molecule has 0 aliphatic carbocycles. The summed E-state index contributed by atoms with van der Waals surface area (Å²) in [6.45, 7) is 1.80. The molecule has 0 aliphatic rings. The number of nitrogens with zero attached hydrogens (tertiary/aromatic N) is 6. The van der Waals surface area contributed by atoms with E-state index in [0.29, 0.717) is 21.8 Å². The second kappa shape index (κ2) is 6.90. The van der Waals surface area contributed by atoms with E-state index in [4.69, 9.17) is 11.6 Å². The summed E-state index contributed by atoms with van der Waals surface area (Å²) in [5.74, 6) is -0.307. The molecule has 2 aromatic heterocycles. The van der Waals surface area contributed by atoms with Crippen LogP contribution in [0.25, 0.3) is 11.4 Å². The number of hydrogen-bond donors (Lipinski definition) is 0. The Labute approximate surface area is 164 Å². The number of carbonyl (C=O) groups is 1. The summed E-state index contributed by atoms with van der Waals surface area (Å²) in [6.07, 6.45) is 1.70. The summed E-state index contributed by atoms with van der Waals surface area (Å²) in [4.78, 5) is 25.5. The predicted octanol–water partition coefficient (Wildman–Crippen LogP) is 2.34. The van der Waals surface area contributed by atoms with Gasteiger partial charge < -0.3 is 0 Å². The number of aromatic nitrogens is 6. The Kier molecular flexibility index (Phi) is 4.40. The molecule has 2 heterocycles. The Morgan fingerprint density at radius 2 is 1.79 bits per heavy atom. The van der Waals surface area contributed by atoms with Crippen LogP contribution in [-0.2, 0) is 7.05 Å². The molecule has 0 aliphatic heterocycles. The summed E-state index contributed by atoms with van der Waals surface area (Å²) in [6, 6.07) is 14.0. The summed E-state index contributed by atoms with van der Waals surface area (Å²) in [7, 11) is 1.50. The maximum atomic E-state index is 13.2. The van der Waals surface area contributed by atoms with Gasteiger partial charge >= 0.3 is 5.69 Å². The molecule has 0 spiro atoms. The molecule has 2 aromatic carbocycles. The van der Waals surface area contributed by atoms with Gasteiger partial charge in [0.1, 0.15) is 5.69 Å². The van der Waals surface area contributed by atoms with Crippen molar-refractivity contribution in [1.82, 2.24) is 29.6 Å². The molecule has 8 nitrogen and oxygen atoms in total. The van der Waals surface area contributed by atoms with E-state index in [2.05, 4.69) is 15.5 Å². The lowest BCUT2D eigenvalue weighted by Crippen LogP contribution is -2.24. The third-order valence-corrected chi connectivity index (χ3v) is 4.59. The van der Waals surface area contributed by atoms with E-state index >= 15 is 0 Å². The number of hydrogen-bond acceptors (Lipinski definition) is 5. The van der Waals surface area contributed by atoms with Crippen molar-refractivity contribution in [2.75, 3.05) is 0 Å². The predicted molar refractivity (Wildman–Crippen MR) is 103 cm³/mol. The van der Waals surface area contributed by atoms with Crippen molar-refractivity contribution in [2.24, 2.45) is 7.05 Å². The first-order valence-corrected chi connectivity index (χ1v) is 8.79. The zero-order chi connectivity index (χ0) is 19.8. The molecule has 140 valence electrons. The first-order chi connectivity index (χ1) is 13.5. The molecule has 0 fully saturated rings. The molecular formula is C19H15ClN6O2. The number of tetrazole rings is 1. The number of rotatable bonds is 4. The highest BCUT2D eigenvalue weighted by Crippen LogP contribution is 2.21. The van der Waals surface area contributed by atoms with Crippen molar-refractivity contribution >= 4 is 17.4 Å². The van der Waals surface area contributed by atoms with Crippen LogP contribution in [0.15, 0.2) is 59.5 Å². The van der Waals surface area contributed by atoms with Gasteiger partial charge in [-0.2, -0.15) is 14.5 Å². The van der Waals surface area contributed by atoms with Crippen LogP contribution < -0.4 is 5.69 Å². The van der Waals surface area contributed by atoms with Crippen LogP contribution in [0.3, 0.4) is 0 Å². The molecule has 28 heavy (non-hydrogen) atoms. The average Bonchev–Trinajstić information content (AvgIpc) is 3.30. The standard InChI is InChI=1S/C19H15ClN6O2/c1-12-4-3-5-16(26-19(28)24(2)22-23-26)17(12)18(27)15-10-11-25(21-15)14-8-6-13(20)7-9-14/h3-11H,1-2H3. The fraction of sp³-hybridized carbons (Fsp3) is 0.105. The third-order valence-electron chi connectivity index (χ3n) is 4.34. The molecule has 0 saturated heterocycles. The van der Waals surface area contributed by atoms with Crippen LogP contribution in [-0.4, -0.2) is 35.4 Å². The highest BCUT2D eigenvalue weighted by atomic mass is 35.5. The molecule has 0 bridgehead atoms. The smallest absolute Gasteiger partial charge is 0.287 e. The van der Waals surface area contributed by atoms with E-state index in [-0.39, 0.29) is 11.5 Å². The van der Waals surface area contributed by atoms with Crippen molar-refractivity contribution in [2.45, 2.75) is 6.92 Å². The average molecular weight is 395 g/mol. The topological polar surface area (TPSA) is 87.6 Å². The van der Waals surface area contributed by atoms with E-state index < -0.39 is 5.69 Å². The lowest BCUT2D eigenvalue weighted by Gasteiger charge is -2.09. The van der Waals surface area contributed by atoms with E-state index in [1.165, 1.54) is 7.05 Å². The number of halogens is 1. The Morgan fingerprint density at radius 1 is 1.04 bits per heavy atom. The van der Waals surface area contributed by atoms with E-state index in [1.807, 2.05) is 12.1 Å². The van der Waals surface area contributed by atoms with Gasteiger partial charge in [-0.15, -0.1) is 0 Å². The van der Waals surface area contributed by atoms with E-state index in [0.717, 1.165) is 15.1 Å². The van der Waals surface area contributed by atoms with Crippen molar-refractivity contribution in [3.63, 3.8) is 0 Å². The quantitative estimate of drug-likeness (QED) is 0.496. The normalized spacial score (nSPS) is 11.0. The fourth-order valence-corrected chi connectivity index (χ4v) is 3.03. The van der Waals surface area contributed by atoms with Crippen LogP contribution >= 0.6 is 11.6 Å². The Bertz CT molecular complexity index is 1240. The highest BCUT2D eigenvalue weighted by Gasteiger charge is 2.22. The van der Waals surface area contributed by atoms with Gasteiger partial charge in [-0.3, -0.25) is 4.79 Å². The van der Waals surface area contributed by atoms with Crippen LogP contribution in [0, 0.1) is 6.92 Å². The molecular weight excluding hydrogens is 380 g/mol. The van der Waals surface area contributed by atoms with Gasteiger partial charge in [0.05, 0.1) is 16.9 Å². The van der Waals surface area contributed by atoms with Gasteiger partial charge in [-0.05, 0) is 59.3 Å². The van der Waals surface area contributed by atoms with Gasteiger partial charge in [0.15, 0.2) is 0 Å². The second-order valence-electron chi connectivity index (χ2n) is 6.22. The monoisotopic (exact) mass is 394 g/mol. The largest absolute Gasteiger partial charge is 0.368 e. The minimum atomic E-state index is -0.439. The molecule has 0 amide bonds. The molecule has 0 saturated carbocycles. The minimum absolute atomic E-state index is 0.252. The Balaban J connectivity index is 1.78. The Hall–Kier alpha value is -3.52. The van der Waals surface area contributed by atoms with Crippen LogP contribution in [0.2, 0.25) is 5.02 Å². The number of ketones is 1. The highest BCUT2D eigenvalue weighted by molar-refractivity contribution is 6.30. The summed E-state index contributed by atoms with van der Waals surface area (Å²) in [5, 5.41) is 12.6. The zero-order valence-electron chi connectivity index (χ0n) is 15.1. The van der Waals surface area contributed by atoms with Crippen molar-refractivity contribution < 1.29 is 4.79 Å². The van der Waals surface area contributed by atoms with Crippen LogP contribution in [0.4, 0.5) is 0 Å². The van der Waals surface area contributed by atoms with Gasteiger partial charge in [0.2, 0.25) is 5.78 Å². The van der Waals surface area contributed by atoms with Crippen molar-refractivity contribution in [1.29, 1.82) is 0 Å². The number of benzene rings is 2.